The van der Waals surface area contributed by atoms with Crippen LogP contribution in [0.3, 0.4) is 0 Å². The molecule has 188 valence electrons. The van der Waals surface area contributed by atoms with E-state index in [4.69, 9.17) is 4.74 Å². The van der Waals surface area contributed by atoms with E-state index in [1.807, 2.05) is 38.3 Å². The second kappa shape index (κ2) is 10.1. The lowest BCUT2D eigenvalue weighted by Gasteiger charge is -2.27. The number of carbonyl (C=O) groups is 1. The van der Waals surface area contributed by atoms with Crippen LogP contribution < -0.4 is 10.6 Å². The molecule has 0 saturated heterocycles. The van der Waals surface area contributed by atoms with Crippen LogP contribution in [0.15, 0.2) is 24.5 Å². The molecule has 2 aromatic heterocycles. The van der Waals surface area contributed by atoms with E-state index < -0.39 is 17.7 Å². The summed E-state index contributed by atoms with van der Waals surface area (Å²) >= 11 is 0. The first-order valence-corrected chi connectivity index (χ1v) is 12.1. The molecule has 4 rings (SSSR count). The van der Waals surface area contributed by atoms with Crippen LogP contribution in [-0.4, -0.2) is 52.7 Å². The Morgan fingerprint density at radius 1 is 1.14 bits per heavy atom. The summed E-state index contributed by atoms with van der Waals surface area (Å²) < 4.78 is 9.21. The molecule has 11 nitrogen and oxygen atoms in total. The van der Waals surface area contributed by atoms with Gasteiger partial charge in [-0.1, -0.05) is 6.07 Å². The Bertz CT molecular complexity index is 1160. The highest BCUT2D eigenvalue weighted by Crippen LogP contribution is 2.26. The Labute approximate surface area is 205 Å². The Morgan fingerprint density at radius 3 is 2.66 bits per heavy atom. The van der Waals surface area contributed by atoms with E-state index in [0.29, 0.717) is 12.4 Å². The van der Waals surface area contributed by atoms with E-state index in [0.717, 1.165) is 24.4 Å². The predicted molar refractivity (Wildman–Crippen MR) is 130 cm³/mol. The van der Waals surface area contributed by atoms with Gasteiger partial charge in [0, 0.05) is 6.04 Å². The summed E-state index contributed by atoms with van der Waals surface area (Å²) in [6.07, 6.45) is 4.55. The van der Waals surface area contributed by atoms with Crippen LogP contribution in [0.5, 0.6) is 0 Å². The maximum absolute atomic E-state index is 12.6. The normalized spacial score (nSPS) is 15.2. The fourth-order valence-electron chi connectivity index (χ4n) is 4.36. The van der Waals surface area contributed by atoms with Gasteiger partial charge in [-0.15, -0.1) is 15.3 Å². The van der Waals surface area contributed by atoms with Gasteiger partial charge in [0.25, 0.3) is 0 Å². The highest BCUT2D eigenvalue weighted by atomic mass is 16.6. The maximum Gasteiger partial charge on any atom is 0.407 e. The number of aryl methyl sites for hydroxylation is 2. The number of fused-ring (bicyclic) bond motifs is 1. The van der Waals surface area contributed by atoms with Gasteiger partial charge in [0.15, 0.2) is 5.82 Å². The maximum atomic E-state index is 12.6. The summed E-state index contributed by atoms with van der Waals surface area (Å²) in [5, 5.41) is 27.3. The topological polar surface area (TPSA) is 125 Å². The summed E-state index contributed by atoms with van der Waals surface area (Å²) in [6.45, 7) is 12.0. The van der Waals surface area contributed by atoms with E-state index in [1.54, 1.807) is 11.0 Å². The Hall–Kier alpha value is -3.34. The molecule has 2 N–H and O–H groups in total. The van der Waals surface area contributed by atoms with Gasteiger partial charge < -0.3 is 14.6 Å². The van der Waals surface area contributed by atoms with Gasteiger partial charge in [-0.05, 0) is 94.5 Å². The summed E-state index contributed by atoms with van der Waals surface area (Å²) in [4.78, 5) is 12.6. The molecule has 2 heterocycles. The molecule has 11 heteroatoms. The molecule has 0 bridgehead atoms. The van der Waals surface area contributed by atoms with Crippen LogP contribution in [0.1, 0.15) is 82.8 Å². The van der Waals surface area contributed by atoms with Crippen molar-refractivity contribution in [2.45, 2.75) is 91.1 Å². The summed E-state index contributed by atoms with van der Waals surface area (Å²) in [6, 6.07) is 5.75. The molecule has 1 aliphatic rings. The van der Waals surface area contributed by atoms with Gasteiger partial charge in [-0.2, -0.15) is 4.68 Å². The lowest BCUT2D eigenvalue weighted by atomic mass is 10.1. The largest absolute Gasteiger partial charge is 0.444 e. The SMILES string of the molecule is CC(NC(=O)OC(C)(C)C)C(NCc1nncn1C(C)C)c1nnnn1-c1ccc2c(c1)CCC2. The van der Waals surface area contributed by atoms with Gasteiger partial charge in [0.2, 0.25) is 0 Å². The summed E-state index contributed by atoms with van der Waals surface area (Å²) in [7, 11) is 0. The van der Waals surface area contributed by atoms with Crippen LogP contribution in [0.4, 0.5) is 4.79 Å². The minimum absolute atomic E-state index is 0.217. The van der Waals surface area contributed by atoms with Crippen molar-refractivity contribution in [3.05, 3.63) is 47.3 Å². The van der Waals surface area contributed by atoms with E-state index in [2.05, 4.69) is 62.3 Å². The molecular weight excluding hydrogens is 446 g/mol. The Balaban J connectivity index is 1.62. The van der Waals surface area contributed by atoms with Crippen LogP contribution >= 0.6 is 0 Å². The molecule has 2 atom stereocenters. The van der Waals surface area contributed by atoms with Crippen molar-refractivity contribution in [3.63, 3.8) is 0 Å². The number of nitrogens with zero attached hydrogens (tertiary/aromatic N) is 7. The van der Waals surface area contributed by atoms with Crippen molar-refractivity contribution in [3.8, 4) is 5.69 Å². The second-order valence-corrected chi connectivity index (χ2v) is 10.3. The minimum atomic E-state index is -0.605. The first kappa shape index (κ1) is 24.8. The van der Waals surface area contributed by atoms with Crippen LogP contribution in [-0.2, 0) is 24.1 Å². The number of nitrogens with one attached hydrogen (secondary N) is 2. The van der Waals surface area contributed by atoms with E-state index in [-0.39, 0.29) is 12.1 Å². The van der Waals surface area contributed by atoms with Crippen molar-refractivity contribution in [2.24, 2.45) is 0 Å². The average molecular weight is 482 g/mol. The third-order valence-corrected chi connectivity index (χ3v) is 6.03. The van der Waals surface area contributed by atoms with Crippen LogP contribution in [0, 0.1) is 0 Å². The molecule has 2 unspecified atom stereocenters. The third-order valence-electron chi connectivity index (χ3n) is 6.03. The molecule has 0 fully saturated rings. The predicted octanol–water partition coefficient (Wildman–Crippen LogP) is 3.07. The van der Waals surface area contributed by atoms with Crippen molar-refractivity contribution < 1.29 is 9.53 Å². The zero-order valence-corrected chi connectivity index (χ0v) is 21.3. The zero-order valence-electron chi connectivity index (χ0n) is 21.3. The number of carbonyl (C=O) groups excluding carboxylic acids is 1. The second-order valence-electron chi connectivity index (χ2n) is 10.3. The summed E-state index contributed by atoms with van der Waals surface area (Å²) in [5.41, 5.74) is 3.00. The van der Waals surface area contributed by atoms with Crippen LogP contribution in [0.25, 0.3) is 5.69 Å². The number of hydrogen-bond donors (Lipinski definition) is 2. The van der Waals surface area contributed by atoms with Gasteiger partial charge in [-0.25, -0.2) is 4.79 Å². The van der Waals surface area contributed by atoms with Gasteiger partial charge in [0.1, 0.15) is 17.8 Å². The molecule has 0 aliphatic heterocycles. The molecule has 0 spiro atoms. The quantitative estimate of drug-likeness (QED) is 0.503. The van der Waals surface area contributed by atoms with E-state index >= 15 is 0 Å². The van der Waals surface area contributed by atoms with Crippen LogP contribution in [0.2, 0.25) is 0 Å². The lowest BCUT2D eigenvalue weighted by molar-refractivity contribution is 0.0496. The highest BCUT2D eigenvalue weighted by molar-refractivity contribution is 5.68. The van der Waals surface area contributed by atoms with Crippen molar-refractivity contribution in [2.75, 3.05) is 0 Å². The third kappa shape index (κ3) is 5.84. The molecule has 1 aliphatic carbocycles. The summed E-state index contributed by atoms with van der Waals surface area (Å²) in [5.74, 6) is 1.37. The average Bonchev–Trinajstić information content (AvgIpc) is 3.52. The van der Waals surface area contributed by atoms with Gasteiger partial charge >= 0.3 is 6.09 Å². The Morgan fingerprint density at radius 2 is 1.91 bits per heavy atom. The zero-order chi connectivity index (χ0) is 25.2. The number of ether oxygens (including phenoxy) is 1. The molecule has 0 radical (unpaired) electrons. The van der Waals surface area contributed by atoms with Gasteiger partial charge in [0.05, 0.1) is 24.3 Å². The lowest BCUT2D eigenvalue weighted by Crippen LogP contribution is -2.45. The molecule has 1 amide bonds. The molecule has 35 heavy (non-hydrogen) atoms. The van der Waals surface area contributed by atoms with Gasteiger partial charge in [-0.3, -0.25) is 5.32 Å². The molecule has 3 aromatic rings. The van der Waals surface area contributed by atoms with Crippen molar-refractivity contribution in [1.82, 2.24) is 45.6 Å². The first-order chi connectivity index (χ1) is 16.6. The number of amides is 1. The fraction of sp³-hybridized carbons (Fsp3) is 0.583. The van der Waals surface area contributed by atoms with E-state index in [1.165, 1.54) is 17.5 Å². The van der Waals surface area contributed by atoms with E-state index in [9.17, 15) is 4.79 Å². The van der Waals surface area contributed by atoms with Crippen molar-refractivity contribution >= 4 is 6.09 Å². The monoisotopic (exact) mass is 481 g/mol. The smallest absolute Gasteiger partial charge is 0.407 e. The molecule has 1 aromatic carbocycles. The fourth-order valence-corrected chi connectivity index (χ4v) is 4.36. The number of rotatable bonds is 8. The number of alkyl carbamates (subject to hydrolysis) is 1. The molecule has 0 saturated carbocycles. The number of aromatic nitrogens is 7. The first-order valence-electron chi connectivity index (χ1n) is 12.1. The number of tetrazole rings is 1. The Kier molecular flexibility index (Phi) is 7.15. The van der Waals surface area contributed by atoms with Crippen molar-refractivity contribution in [1.29, 1.82) is 0 Å². The number of benzene rings is 1. The number of hydrogen-bond acceptors (Lipinski definition) is 8. The molecular formula is C24H35N9O2. The highest BCUT2D eigenvalue weighted by Gasteiger charge is 2.29. The minimum Gasteiger partial charge on any atom is -0.444 e. The standard InChI is InChI=1S/C24H35N9O2/c1-15(2)32-14-26-28-20(32)13-25-21(16(3)27-23(34)35-24(4,5)6)22-29-30-31-33(22)19-11-10-17-8-7-9-18(17)12-19/h10-12,14-16,21,25H,7-9,13H2,1-6H3,(H,27,34).